The van der Waals surface area contributed by atoms with Gasteiger partial charge in [-0.15, -0.1) is 11.6 Å². The zero-order valence-corrected chi connectivity index (χ0v) is 7.99. The number of allylic oxidation sites excluding steroid dienone is 1. The first-order valence-corrected chi connectivity index (χ1v) is 4.28. The fourth-order valence-corrected chi connectivity index (χ4v) is 1.45. The molecule has 0 saturated carbocycles. The number of nitrogens with zero attached hydrogens (tertiary/aromatic N) is 1. The third kappa shape index (κ3) is 1.70. The summed E-state index contributed by atoms with van der Waals surface area (Å²) in [6, 6.07) is 0. The maximum absolute atomic E-state index is 9.51. The molecule has 1 heterocycles. The Kier molecular flexibility index (Phi) is 2.95. The summed E-state index contributed by atoms with van der Waals surface area (Å²) in [5.74, 6) is -0.745. The molecule has 13 heavy (non-hydrogen) atoms. The average Bonchev–Trinajstić information content (AvgIpc) is 2.13. The Balaban J connectivity index is 3.03. The van der Waals surface area contributed by atoms with E-state index in [1.807, 2.05) is 0 Å². The molecule has 1 rings (SSSR count). The molecular weight excluding hydrogens is 194 g/mol. The van der Waals surface area contributed by atoms with Crippen LogP contribution in [-0.2, 0) is 0 Å². The van der Waals surface area contributed by atoms with E-state index >= 15 is 0 Å². The quantitative estimate of drug-likeness (QED) is 0.573. The first-order chi connectivity index (χ1) is 6.05. The zero-order valence-electron chi connectivity index (χ0n) is 7.24. The van der Waals surface area contributed by atoms with Crippen LogP contribution in [0.3, 0.4) is 0 Å². The number of alkyl halides is 1. The van der Waals surface area contributed by atoms with E-state index in [0.717, 1.165) is 0 Å². The van der Waals surface area contributed by atoms with Gasteiger partial charge >= 0.3 is 0 Å². The van der Waals surface area contributed by atoms with Crippen molar-refractivity contribution >= 4 is 17.8 Å². The van der Waals surface area contributed by atoms with Gasteiger partial charge in [0.2, 0.25) is 0 Å². The minimum atomic E-state index is -1.18. The maximum Gasteiger partial charge on any atom is 0.121 e. The van der Waals surface area contributed by atoms with Crippen molar-refractivity contribution in [3.8, 4) is 0 Å². The highest BCUT2D eigenvalue weighted by molar-refractivity contribution is 6.33. The molecule has 0 bridgehead atoms. The third-order valence-corrected chi connectivity index (χ3v) is 2.66. The summed E-state index contributed by atoms with van der Waals surface area (Å²) < 4.78 is 0. The van der Waals surface area contributed by atoms with E-state index in [2.05, 4.69) is 4.99 Å². The van der Waals surface area contributed by atoms with Crippen LogP contribution in [0, 0.1) is 5.92 Å². The summed E-state index contributed by atoms with van der Waals surface area (Å²) in [5, 5.41) is 27.5. The van der Waals surface area contributed by atoms with Crippen molar-refractivity contribution in [1.29, 1.82) is 0 Å². The molecule has 0 amide bonds. The van der Waals surface area contributed by atoms with Crippen molar-refractivity contribution in [3.63, 3.8) is 0 Å². The number of halogens is 1. The normalized spacial score (nSPS) is 34.0. The molecule has 74 valence electrons. The molecule has 0 radical (unpaired) electrons. The van der Waals surface area contributed by atoms with Crippen molar-refractivity contribution in [2.45, 2.75) is 11.8 Å². The van der Waals surface area contributed by atoms with Crippen molar-refractivity contribution in [1.82, 2.24) is 0 Å². The average molecular weight is 206 g/mol. The van der Waals surface area contributed by atoms with Crippen LogP contribution in [0.5, 0.6) is 0 Å². The zero-order chi connectivity index (χ0) is 10.1. The summed E-state index contributed by atoms with van der Waals surface area (Å²) in [7, 11) is 0. The minimum absolute atomic E-state index is 0.0611. The van der Waals surface area contributed by atoms with E-state index < -0.39 is 10.8 Å². The molecule has 3 N–H and O–H groups in total. The number of rotatable bonds is 2. The van der Waals surface area contributed by atoms with Crippen LogP contribution in [0.2, 0.25) is 0 Å². The lowest BCUT2D eigenvalue weighted by Gasteiger charge is -2.31. The fourth-order valence-electron chi connectivity index (χ4n) is 1.23. The third-order valence-electron chi connectivity index (χ3n) is 2.18. The molecular formula is C8H12ClNO3. The summed E-state index contributed by atoms with van der Waals surface area (Å²) in [6.07, 6.45) is 1.35. The predicted molar refractivity (Wildman–Crippen MR) is 50.1 cm³/mol. The largest absolute Gasteiger partial charge is 0.510 e. The number of hydrogen-bond donors (Lipinski definition) is 3. The molecule has 1 aliphatic rings. The SMILES string of the molecule is CC1=C(O)C(CO)C(Cl)(CO)C=N1. The van der Waals surface area contributed by atoms with Crippen LogP contribution < -0.4 is 0 Å². The first-order valence-electron chi connectivity index (χ1n) is 3.90. The van der Waals surface area contributed by atoms with Gasteiger partial charge in [-0.25, -0.2) is 0 Å². The molecule has 4 nitrogen and oxygen atoms in total. The van der Waals surface area contributed by atoms with E-state index in [9.17, 15) is 5.11 Å². The molecule has 0 aromatic heterocycles. The summed E-state index contributed by atoms with van der Waals surface area (Å²) in [5.41, 5.74) is 0.420. The Hall–Kier alpha value is -0.580. The van der Waals surface area contributed by atoms with E-state index in [-0.39, 0.29) is 19.0 Å². The van der Waals surface area contributed by atoms with Gasteiger partial charge < -0.3 is 15.3 Å². The second-order valence-electron chi connectivity index (χ2n) is 3.05. The Morgan fingerprint density at radius 2 is 2.23 bits per heavy atom. The van der Waals surface area contributed by atoms with Crippen molar-refractivity contribution in [2.75, 3.05) is 13.2 Å². The molecule has 0 aromatic carbocycles. The summed E-state index contributed by atoms with van der Waals surface area (Å²) in [6.45, 7) is 0.919. The lowest BCUT2D eigenvalue weighted by molar-refractivity contribution is 0.151. The molecule has 0 spiro atoms. The summed E-state index contributed by atoms with van der Waals surface area (Å²) >= 11 is 5.93. The molecule has 1 aliphatic heterocycles. The number of hydrogen-bond acceptors (Lipinski definition) is 4. The number of aliphatic hydroxyl groups is 3. The Morgan fingerprint density at radius 1 is 1.62 bits per heavy atom. The molecule has 0 aliphatic carbocycles. The van der Waals surface area contributed by atoms with Gasteiger partial charge in [0, 0.05) is 6.21 Å². The van der Waals surface area contributed by atoms with E-state index in [0.29, 0.717) is 5.70 Å². The lowest BCUT2D eigenvalue weighted by atomic mass is 9.89. The molecule has 0 aromatic rings. The van der Waals surface area contributed by atoms with Crippen LogP contribution in [0.25, 0.3) is 0 Å². The van der Waals surface area contributed by atoms with Gasteiger partial charge in [0.15, 0.2) is 0 Å². The molecule has 2 unspecified atom stereocenters. The Labute approximate surface area is 81.2 Å². The van der Waals surface area contributed by atoms with Crippen molar-refractivity contribution in [2.24, 2.45) is 10.9 Å². The molecule has 0 saturated heterocycles. The van der Waals surface area contributed by atoms with E-state index in [1.54, 1.807) is 6.92 Å². The van der Waals surface area contributed by atoms with Crippen LogP contribution in [0.1, 0.15) is 6.92 Å². The standard InChI is InChI=1S/C8H12ClNO3/c1-5-7(13)6(2-11)8(9,4-12)3-10-5/h3,6,11-13H,2,4H2,1H3. The second kappa shape index (κ2) is 3.65. The van der Waals surface area contributed by atoms with E-state index in [4.69, 9.17) is 21.8 Å². The van der Waals surface area contributed by atoms with Gasteiger partial charge in [-0.2, -0.15) is 0 Å². The molecule has 5 heteroatoms. The van der Waals surface area contributed by atoms with Crippen LogP contribution in [-0.4, -0.2) is 39.6 Å². The highest BCUT2D eigenvalue weighted by Crippen LogP contribution is 2.33. The fraction of sp³-hybridized carbons (Fsp3) is 0.625. The van der Waals surface area contributed by atoms with Gasteiger partial charge in [0.25, 0.3) is 0 Å². The van der Waals surface area contributed by atoms with Gasteiger partial charge in [-0.1, -0.05) is 0 Å². The van der Waals surface area contributed by atoms with E-state index in [1.165, 1.54) is 6.21 Å². The van der Waals surface area contributed by atoms with Gasteiger partial charge in [-0.05, 0) is 6.92 Å². The lowest BCUT2D eigenvalue weighted by Crippen LogP contribution is -2.43. The maximum atomic E-state index is 9.51. The molecule has 2 atom stereocenters. The Bertz CT molecular complexity index is 264. The number of aliphatic imine (C=N–C) groups is 1. The monoisotopic (exact) mass is 205 g/mol. The van der Waals surface area contributed by atoms with Gasteiger partial charge in [0.05, 0.1) is 24.8 Å². The smallest absolute Gasteiger partial charge is 0.121 e. The van der Waals surface area contributed by atoms with Gasteiger partial charge in [-0.3, -0.25) is 4.99 Å². The van der Waals surface area contributed by atoms with Gasteiger partial charge in [0.1, 0.15) is 10.6 Å². The Morgan fingerprint density at radius 3 is 2.69 bits per heavy atom. The number of aliphatic hydroxyl groups excluding tert-OH is 3. The topological polar surface area (TPSA) is 73.0 Å². The van der Waals surface area contributed by atoms with Crippen LogP contribution in [0.15, 0.2) is 16.4 Å². The predicted octanol–water partition coefficient (Wildman–Crippen LogP) is 0.439. The van der Waals surface area contributed by atoms with Crippen molar-refractivity contribution < 1.29 is 15.3 Å². The minimum Gasteiger partial charge on any atom is -0.510 e. The molecule has 0 fully saturated rings. The summed E-state index contributed by atoms with van der Waals surface area (Å²) in [4.78, 5) is 2.65. The highest BCUT2D eigenvalue weighted by Gasteiger charge is 2.40. The highest BCUT2D eigenvalue weighted by atomic mass is 35.5. The van der Waals surface area contributed by atoms with Crippen LogP contribution in [0.4, 0.5) is 0 Å². The first kappa shape index (κ1) is 10.5. The van der Waals surface area contributed by atoms with Crippen LogP contribution >= 0.6 is 11.6 Å². The van der Waals surface area contributed by atoms with Crippen molar-refractivity contribution in [3.05, 3.63) is 11.5 Å². The second-order valence-corrected chi connectivity index (χ2v) is 3.75.